The lowest BCUT2D eigenvalue weighted by atomic mass is 10.1. The molecule has 0 spiro atoms. The molecule has 1 aromatic carbocycles. The number of furan rings is 1. The Morgan fingerprint density at radius 3 is 2.96 bits per heavy atom. The van der Waals surface area contributed by atoms with Crippen LogP contribution in [0.5, 0.6) is 0 Å². The van der Waals surface area contributed by atoms with Crippen LogP contribution in [0.25, 0.3) is 0 Å². The fraction of sp³-hybridized carbons (Fsp3) is 0.222. The number of aromatic nitrogens is 1. The first-order chi connectivity index (χ1) is 12.5. The Hall–Kier alpha value is -1.47. The molecule has 0 radical (unpaired) electrons. The van der Waals surface area contributed by atoms with Gasteiger partial charge < -0.3 is 9.73 Å². The van der Waals surface area contributed by atoms with Crippen molar-refractivity contribution in [2.75, 3.05) is 5.75 Å². The number of aryl methyl sites for hydroxylation is 1. The van der Waals surface area contributed by atoms with Crippen molar-refractivity contribution in [3.8, 4) is 0 Å². The molecule has 8 heteroatoms. The number of halogens is 2. The molecule has 0 bridgehead atoms. The summed E-state index contributed by atoms with van der Waals surface area (Å²) in [6.45, 7) is 2.35. The molecule has 0 saturated heterocycles. The maximum atomic E-state index is 11.9. The zero-order valence-corrected chi connectivity index (χ0v) is 17.1. The predicted molar refractivity (Wildman–Crippen MR) is 107 cm³/mol. The third kappa shape index (κ3) is 5.27. The molecule has 0 saturated carbocycles. The van der Waals surface area contributed by atoms with Crippen molar-refractivity contribution in [1.82, 2.24) is 10.3 Å². The Bertz CT molecular complexity index is 895. The van der Waals surface area contributed by atoms with E-state index in [1.807, 2.05) is 19.1 Å². The number of hydrogen-bond acceptors (Lipinski definition) is 5. The summed E-state index contributed by atoms with van der Waals surface area (Å²) in [5, 5.41) is 4.17. The summed E-state index contributed by atoms with van der Waals surface area (Å²) >= 11 is 15.3. The maximum absolute atomic E-state index is 11.9. The average molecular weight is 427 g/mol. The summed E-state index contributed by atoms with van der Waals surface area (Å²) in [5.74, 6) is 0.984. The number of rotatable bonds is 7. The summed E-state index contributed by atoms with van der Waals surface area (Å²) in [6.07, 6.45) is 2.26. The molecular formula is C18H16Cl2N2O2S2. The number of hydrogen-bond donors (Lipinski definition) is 1. The van der Waals surface area contributed by atoms with E-state index in [1.165, 1.54) is 11.8 Å². The predicted octanol–water partition coefficient (Wildman–Crippen LogP) is 5.35. The maximum Gasteiger partial charge on any atom is 0.230 e. The van der Waals surface area contributed by atoms with E-state index < -0.39 is 0 Å². The van der Waals surface area contributed by atoms with Crippen molar-refractivity contribution >= 4 is 52.2 Å². The molecule has 0 atom stereocenters. The van der Waals surface area contributed by atoms with Gasteiger partial charge in [-0.15, -0.1) is 11.3 Å². The van der Waals surface area contributed by atoms with Gasteiger partial charge in [0, 0.05) is 21.3 Å². The van der Waals surface area contributed by atoms with E-state index >= 15 is 0 Å². The van der Waals surface area contributed by atoms with Crippen LogP contribution in [-0.2, 0) is 17.8 Å². The highest BCUT2D eigenvalue weighted by Crippen LogP contribution is 2.31. The first kappa shape index (κ1) is 19.3. The van der Waals surface area contributed by atoms with Gasteiger partial charge in [-0.3, -0.25) is 4.79 Å². The molecule has 0 aliphatic rings. The van der Waals surface area contributed by atoms with E-state index in [1.54, 1.807) is 35.8 Å². The molecule has 1 N–H and O–H groups in total. The highest BCUT2D eigenvalue weighted by molar-refractivity contribution is 8.01. The Kier molecular flexibility index (Phi) is 6.64. The second kappa shape index (κ2) is 8.95. The number of thiazole rings is 1. The zero-order valence-electron chi connectivity index (χ0n) is 13.9. The zero-order chi connectivity index (χ0) is 18.5. The number of carbonyl (C=O) groups excluding carboxylic acids is 1. The second-order valence-electron chi connectivity index (χ2n) is 5.55. The molecule has 4 nitrogen and oxygen atoms in total. The van der Waals surface area contributed by atoms with Crippen molar-refractivity contribution < 1.29 is 9.21 Å². The summed E-state index contributed by atoms with van der Waals surface area (Å²) in [7, 11) is 0. The van der Waals surface area contributed by atoms with Crippen LogP contribution in [0.15, 0.2) is 45.4 Å². The fourth-order valence-corrected chi connectivity index (χ4v) is 4.72. The third-order valence-corrected chi connectivity index (χ3v) is 6.50. The van der Waals surface area contributed by atoms with Crippen LogP contribution in [-0.4, -0.2) is 16.6 Å². The quantitative estimate of drug-likeness (QED) is 0.517. The summed E-state index contributed by atoms with van der Waals surface area (Å²) in [6, 6.07) is 9.06. The lowest BCUT2D eigenvalue weighted by molar-refractivity contribution is -0.118. The van der Waals surface area contributed by atoms with E-state index in [-0.39, 0.29) is 5.91 Å². The lowest BCUT2D eigenvalue weighted by Gasteiger charge is -2.03. The third-order valence-electron chi connectivity index (χ3n) is 3.60. The molecular weight excluding hydrogens is 411 g/mol. The molecule has 26 heavy (non-hydrogen) atoms. The van der Waals surface area contributed by atoms with Gasteiger partial charge in [0.1, 0.15) is 5.76 Å². The highest BCUT2D eigenvalue weighted by atomic mass is 35.5. The van der Waals surface area contributed by atoms with Gasteiger partial charge in [0.15, 0.2) is 4.34 Å². The number of benzene rings is 1. The molecule has 3 aromatic rings. The van der Waals surface area contributed by atoms with Crippen LogP contribution in [0.4, 0.5) is 0 Å². The van der Waals surface area contributed by atoms with Crippen LogP contribution < -0.4 is 5.32 Å². The number of thioether (sulfide) groups is 1. The van der Waals surface area contributed by atoms with Gasteiger partial charge in [-0.1, -0.05) is 35.0 Å². The Labute approximate surface area is 169 Å². The normalized spacial score (nSPS) is 10.9. The summed E-state index contributed by atoms with van der Waals surface area (Å²) in [5.41, 5.74) is 1.92. The van der Waals surface area contributed by atoms with Gasteiger partial charge in [-0.2, -0.15) is 0 Å². The fourth-order valence-electron chi connectivity index (χ4n) is 2.26. The van der Waals surface area contributed by atoms with Gasteiger partial charge in [-0.05, 0) is 42.8 Å². The van der Waals surface area contributed by atoms with E-state index in [2.05, 4.69) is 10.3 Å². The van der Waals surface area contributed by atoms with Gasteiger partial charge >= 0.3 is 0 Å². The largest absolute Gasteiger partial charge is 0.467 e. The van der Waals surface area contributed by atoms with E-state index in [0.717, 1.165) is 26.2 Å². The standard InChI is InChI=1S/C18H16Cl2N2O2S2/c1-11-16(8-12-7-13(19)4-5-15(12)20)26-18(22-11)25-10-17(23)21-9-14-3-2-6-24-14/h2-7H,8-10H2,1H3,(H,21,23). The van der Waals surface area contributed by atoms with Crippen molar-refractivity contribution in [2.24, 2.45) is 0 Å². The van der Waals surface area contributed by atoms with Crippen LogP contribution >= 0.6 is 46.3 Å². The Morgan fingerprint density at radius 1 is 1.35 bits per heavy atom. The second-order valence-corrected chi connectivity index (χ2v) is 8.70. The van der Waals surface area contributed by atoms with Gasteiger partial charge in [0.25, 0.3) is 0 Å². The monoisotopic (exact) mass is 426 g/mol. The highest BCUT2D eigenvalue weighted by Gasteiger charge is 2.13. The minimum atomic E-state index is -0.0568. The van der Waals surface area contributed by atoms with Crippen LogP contribution in [0.1, 0.15) is 21.9 Å². The minimum absolute atomic E-state index is 0.0568. The summed E-state index contributed by atoms with van der Waals surface area (Å²) in [4.78, 5) is 17.6. The van der Waals surface area contributed by atoms with E-state index in [0.29, 0.717) is 28.8 Å². The Morgan fingerprint density at radius 2 is 2.19 bits per heavy atom. The summed E-state index contributed by atoms with van der Waals surface area (Å²) < 4.78 is 6.05. The van der Waals surface area contributed by atoms with Crippen LogP contribution in [0.3, 0.4) is 0 Å². The number of carbonyl (C=O) groups is 1. The molecule has 0 aliphatic carbocycles. The van der Waals surface area contributed by atoms with Crippen molar-refractivity contribution in [3.05, 3.63) is 68.5 Å². The molecule has 1 amide bonds. The molecule has 2 aromatic heterocycles. The van der Waals surface area contributed by atoms with Crippen molar-refractivity contribution in [3.63, 3.8) is 0 Å². The molecule has 2 heterocycles. The molecule has 136 valence electrons. The number of nitrogens with zero attached hydrogens (tertiary/aromatic N) is 1. The first-order valence-electron chi connectivity index (χ1n) is 7.83. The molecule has 0 aliphatic heterocycles. The average Bonchev–Trinajstić information content (AvgIpc) is 3.24. The minimum Gasteiger partial charge on any atom is -0.467 e. The van der Waals surface area contributed by atoms with E-state index in [4.69, 9.17) is 27.6 Å². The Balaban J connectivity index is 1.56. The van der Waals surface area contributed by atoms with Gasteiger partial charge in [0.05, 0.1) is 24.3 Å². The van der Waals surface area contributed by atoms with E-state index in [9.17, 15) is 4.79 Å². The SMILES string of the molecule is Cc1nc(SCC(=O)NCc2ccco2)sc1Cc1cc(Cl)ccc1Cl. The van der Waals surface area contributed by atoms with Crippen molar-refractivity contribution in [1.29, 1.82) is 0 Å². The number of amides is 1. The van der Waals surface area contributed by atoms with Crippen molar-refractivity contribution in [2.45, 2.75) is 24.2 Å². The lowest BCUT2D eigenvalue weighted by Crippen LogP contribution is -2.24. The van der Waals surface area contributed by atoms with Crippen LogP contribution in [0.2, 0.25) is 10.0 Å². The topological polar surface area (TPSA) is 55.1 Å². The first-order valence-corrected chi connectivity index (χ1v) is 10.4. The molecule has 3 rings (SSSR count). The van der Waals surface area contributed by atoms with Gasteiger partial charge in [0.2, 0.25) is 5.91 Å². The molecule has 0 unspecified atom stereocenters. The molecule has 0 fully saturated rings. The van der Waals surface area contributed by atoms with Crippen LogP contribution in [0, 0.1) is 6.92 Å². The smallest absolute Gasteiger partial charge is 0.230 e. The number of nitrogens with one attached hydrogen (secondary N) is 1. The van der Waals surface area contributed by atoms with Gasteiger partial charge in [-0.25, -0.2) is 4.98 Å².